The van der Waals surface area contributed by atoms with Crippen molar-refractivity contribution in [1.29, 1.82) is 0 Å². The zero-order valence-corrected chi connectivity index (χ0v) is 16.9. The lowest BCUT2D eigenvalue weighted by molar-refractivity contribution is -0.137. The van der Waals surface area contributed by atoms with E-state index in [1.165, 1.54) is 23.9 Å². The van der Waals surface area contributed by atoms with Gasteiger partial charge in [0.2, 0.25) is 5.13 Å². The minimum Gasteiger partial charge on any atom is -0.296 e. The van der Waals surface area contributed by atoms with Crippen molar-refractivity contribution in [3.63, 3.8) is 0 Å². The third kappa shape index (κ3) is 4.96. The molecule has 3 aromatic rings. The summed E-state index contributed by atoms with van der Waals surface area (Å²) >= 11 is 14.6. The molecule has 0 radical (unpaired) electrons. The summed E-state index contributed by atoms with van der Waals surface area (Å²) in [6.45, 7) is 0. The third-order valence-electron chi connectivity index (χ3n) is 3.51. The van der Waals surface area contributed by atoms with Crippen LogP contribution < -0.4 is 5.32 Å². The Hall–Kier alpha value is -1.81. The van der Waals surface area contributed by atoms with E-state index in [0.29, 0.717) is 20.1 Å². The number of anilines is 1. The van der Waals surface area contributed by atoms with Crippen LogP contribution in [-0.4, -0.2) is 16.1 Å². The zero-order valence-electron chi connectivity index (χ0n) is 13.8. The lowest BCUT2D eigenvalue weighted by atomic mass is 10.1. The third-order valence-corrected chi connectivity index (χ3v) is 6.21. The number of halogens is 5. The summed E-state index contributed by atoms with van der Waals surface area (Å²) in [7, 11) is 0. The lowest BCUT2D eigenvalue weighted by Gasteiger charge is -2.11. The number of thioether (sulfide) groups is 1. The molecule has 146 valence electrons. The van der Waals surface area contributed by atoms with Gasteiger partial charge >= 0.3 is 6.18 Å². The number of hydrogen-bond donors (Lipinski definition) is 1. The molecule has 0 fully saturated rings. The van der Waals surface area contributed by atoms with Gasteiger partial charge in [0, 0.05) is 15.8 Å². The van der Waals surface area contributed by atoms with Crippen LogP contribution in [-0.2, 0) is 11.9 Å². The fraction of sp³-hybridized carbons (Fsp3) is 0.118. The first kappa shape index (κ1) is 20.9. The maximum Gasteiger partial charge on any atom is 0.417 e. The van der Waals surface area contributed by atoms with Gasteiger partial charge in [-0.2, -0.15) is 13.2 Å². The number of hydrogen-bond acceptors (Lipinski definition) is 5. The van der Waals surface area contributed by atoms with Crippen LogP contribution in [0.25, 0.3) is 0 Å². The summed E-state index contributed by atoms with van der Waals surface area (Å²) in [4.78, 5) is 12.2. The van der Waals surface area contributed by atoms with Gasteiger partial charge in [-0.25, -0.2) is 0 Å². The fourth-order valence-corrected chi connectivity index (χ4v) is 4.70. The Morgan fingerprint density at radius 2 is 1.75 bits per heavy atom. The van der Waals surface area contributed by atoms with Gasteiger partial charge in [-0.1, -0.05) is 64.5 Å². The van der Waals surface area contributed by atoms with Crippen molar-refractivity contribution in [3.05, 3.63) is 69.2 Å². The number of aromatic nitrogens is 2. The van der Waals surface area contributed by atoms with Crippen molar-refractivity contribution >= 4 is 57.3 Å². The molecule has 1 amide bonds. The van der Waals surface area contributed by atoms with Gasteiger partial charge in [-0.05, 0) is 29.8 Å². The average molecular weight is 464 g/mol. The molecule has 1 aromatic heterocycles. The number of rotatable bonds is 5. The van der Waals surface area contributed by atoms with E-state index < -0.39 is 23.2 Å². The smallest absolute Gasteiger partial charge is 0.296 e. The van der Waals surface area contributed by atoms with Crippen LogP contribution in [0.1, 0.15) is 21.5 Å². The largest absolute Gasteiger partial charge is 0.417 e. The minimum atomic E-state index is -4.63. The number of benzene rings is 2. The van der Waals surface area contributed by atoms with E-state index >= 15 is 0 Å². The Balaban J connectivity index is 1.69. The summed E-state index contributed by atoms with van der Waals surface area (Å²) in [5.74, 6) is -0.479. The Morgan fingerprint density at radius 1 is 1.07 bits per heavy atom. The number of carbonyl (C=O) groups is 1. The molecule has 4 nitrogen and oxygen atoms in total. The van der Waals surface area contributed by atoms with Crippen LogP contribution in [0.2, 0.25) is 10.0 Å². The molecule has 0 aliphatic carbocycles. The summed E-state index contributed by atoms with van der Waals surface area (Å²) < 4.78 is 39.7. The van der Waals surface area contributed by atoms with E-state index in [4.69, 9.17) is 23.2 Å². The predicted molar refractivity (Wildman–Crippen MR) is 105 cm³/mol. The maximum atomic E-state index is 13.0. The molecule has 2 aromatic carbocycles. The van der Waals surface area contributed by atoms with Crippen molar-refractivity contribution in [2.24, 2.45) is 0 Å². The van der Waals surface area contributed by atoms with Crippen molar-refractivity contribution in [2.45, 2.75) is 16.3 Å². The summed E-state index contributed by atoms with van der Waals surface area (Å²) in [6.07, 6.45) is -4.63. The fourth-order valence-electron chi connectivity index (χ4n) is 2.22. The van der Waals surface area contributed by atoms with E-state index in [9.17, 15) is 18.0 Å². The quantitative estimate of drug-likeness (QED) is 0.350. The molecule has 0 saturated heterocycles. The van der Waals surface area contributed by atoms with Gasteiger partial charge in [-0.3, -0.25) is 10.1 Å². The highest BCUT2D eigenvalue weighted by Gasteiger charge is 2.35. The van der Waals surface area contributed by atoms with Crippen LogP contribution in [0.3, 0.4) is 0 Å². The Bertz CT molecular complexity index is 991. The second-order valence-electron chi connectivity index (χ2n) is 5.36. The molecule has 11 heteroatoms. The summed E-state index contributed by atoms with van der Waals surface area (Å²) in [5, 5.41) is 11.2. The molecule has 28 heavy (non-hydrogen) atoms. The Kier molecular flexibility index (Phi) is 6.49. The van der Waals surface area contributed by atoms with Crippen molar-refractivity contribution in [3.8, 4) is 0 Å². The maximum absolute atomic E-state index is 13.0. The Morgan fingerprint density at radius 3 is 2.43 bits per heavy atom. The number of nitrogens with zero attached hydrogens (tertiary/aromatic N) is 2. The molecule has 0 spiro atoms. The Labute approximate surface area is 176 Å². The molecule has 0 unspecified atom stereocenters. The second kappa shape index (κ2) is 8.69. The molecular weight excluding hydrogens is 454 g/mol. The van der Waals surface area contributed by atoms with Crippen molar-refractivity contribution < 1.29 is 18.0 Å². The van der Waals surface area contributed by atoms with Gasteiger partial charge in [0.25, 0.3) is 5.91 Å². The molecule has 0 saturated carbocycles. The average Bonchev–Trinajstić information content (AvgIpc) is 3.08. The van der Waals surface area contributed by atoms with Gasteiger partial charge in [-0.15, -0.1) is 10.2 Å². The van der Waals surface area contributed by atoms with Crippen LogP contribution >= 0.6 is 46.3 Å². The molecule has 1 N–H and O–H groups in total. The standard InChI is InChI=1S/C17H10Cl2F3N3OS2/c18-12-6-3-7-13(19)10(12)8-27-16-25-24-15(28-16)23-14(26)9-4-1-2-5-11(9)17(20,21)22/h1-7H,8H2,(H,23,24,26). The molecule has 1 heterocycles. The van der Waals surface area contributed by atoms with Gasteiger partial charge in [0.1, 0.15) is 0 Å². The van der Waals surface area contributed by atoms with Crippen LogP contribution in [0, 0.1) is 0 Å². The molecular formula is C17H10Cl2F3N3OS2. The highest BCUT2D eigenvalue weighted by molar-refractivity contribution is 8.00. The highest BCUT2D eigenvalue weighted by Crippen LogP contribution is 2.35. The number of carbonyl (C=O) groups excluding carboxylic acids is 1. The van der Waals surface area contributed by atoms with Crippen LogP contribution in [0.15, 0.2) is 46.8 Å². The van der Waals surface area contributed by atoms with Crippen molar-refractivity contribution in [1.82, 2.24) is 10.2 Å². The minimum absolute atomic E-state index is 0.0923. The first-order valence-corrected chi connectivity index (χ1v) is 10.2. The lowest BCUT2D eigenvalue weighted by Crippen LogP contribution is -2.18. The zero-order chi connectivity index (χ0) is 20.3. The second-order valence-corrected chi connectivity index (χ2v) is 8.37. The van der Waals surface area contributed by atoms with Crippen LogP contribution in [0.4, 0.5) is 18.3 Å². The van der Waals surface area contributed by atoms with Crippen molar-refractivity contribution in [2.75, 3.05) is 5.32 Å². The monoisotopic (exact) mass is 463 g/mol. The first-order valence-electron chi connectivity index (χ1n) is 7.62. The topological polar surface area (TPSA) is 54.9 Å². The normalized spacial score (nSPS) is 11.5. The molecule has 0 aliphatic rings. The van der Waals surface area contributed by atoms with E-state index in [2.05, 4.69) is 15.5 Å². The number of amides is 1. The SMILES string of the molecule is O=C(Nc1nnc(SCc2c(Cl)cccc2Cl)s1)c1ccccc1C(F)(F)F. The van der Waals surface area contributed by atoms with Gasteiger partial charge in [0.05, 0.1) is 11.1 Å². The number of nitrogens with one attached hydrogen (secondary N) is 1. The predicted octanol–water partition coefficient (Wildman–Crippen LogP) is 6.41. The first-order chi connectivity index (χ1) is 13.3. The summed E-state index contributed by atoms with van der Waals surface area (Å²) in [5.41, 5.74) is -0.766. The van der Waals surface area contributed by atoms with Crippen LogP contribution in [0.5, 0.6) is 0 Å². The highest BCUT2D eigenvalue weighted by atomic mass is 35.5. The molecule has 0 bridgehead atoms. The molecule has 3 rings (SSSR count). The number of alkyl halides is 3. The van der Waals surface area contributed by atoms with E-state index in [0.717, 1.165) is 29.0 Å². The molecule has 0 atom stereocenters. The van der Waals surface area contributed by atoms with E-state index in [1.807, 2.05) is 0 Å². The summed E-state index contributed by atoms with van der Waals surface area (Å²) in [6, 6.07) is 9.70. The van der Waals surface area contributed by atoms with Gasteiger partial charge in [0.15, 0.2) is 4.34 Å². The molecule has 0 aliphatic heterocycles. The van der Waals surface area contributed by atoms with Gasteiger partial charge < -0.3 is 0 Å². The van der Waals surface area contributed by atoms with E-state index in [1.54, 1.807) is 18.2 Å². The van der Waals surface area contributed by atoms with E-state index in [-0.39, 0.29) is 5.13 Å².